The van der Waals surface area contributed by atoms with Crippen LogP contribution in [0.5, 0.6) is 11.5 Å². The molecule has 0 amide bonds. The summed E-state index contributed by atoms with van der Waals surface area (Å²) >= 11 is 3.43. The predicted molar refractivity (Wildman–Crippen MR) is 73.0 cm³/mol. The summed E-state index contributed by atoms with van der Waals surface area (Å²) in [5.41, 5.74) is 1.20. The highest BCUT2D eigenvalue weighted by molar-refractivity contribution is 9.10. The summed E-state index contributed by atoms with van der Waals surface area (Å²) in [6, 6.07) is 5.18. The average molecular weight is 339 g/mol. The Balaban J connectivity index is 1.73. The van der Waals surface area contributed by atoms with Gasteiger partial charge in [-0.05, 0) is 18.2 Å². The molecule has 0 N–H and O–H groups in total. The molecular formula is C14H11BrO5. The van der Waals surface area contributed by atoms with Gasteiger partial charge in [0.2, 0.25) is 0 Å². The Morgan fingerprint density at radius 1 is 1.25 bits per heavy atom. The van der Waals surface area contributed by atoms with Crippen LogP contribution in [0.2, 0.25) is 0 Å². The highest BCUT2D eigenvalue weighted by Gasteiger charge is 2.16. The zero-order chi connectivity index (χ0) is 13.9. The standard InChI is InChI=1S/C14H11BrO5/c15-11-6-13-12(18-3-4-19-13)5-10(11)8-20-14(16)9-1-2-17-7-9/h1-2,5-7H,3-4,8H2. The topological polar surface area (TPSA) is 57.9 Å². The van der Waals surface area contributed by atoms with E-state index in [9.17, 15) is 4.79 Å². The van der Waals surface area contributed by atoms with Crippen LogP contribution < -0.4 is 9.47 Å². The number of carbonyl (C=O) groups excluding carboxylic acids is 1. The second-order valence-electron chi connectivity index (χ2n) is 4.18. The quantitative estimate of drug-likeness (QED) is 0.804. The second-order valence-corrected chi connectivity index (χ2v) is 5.03. The Labute approximate surface area is 123 Å². The molecule has 0 unspecified atom stereocenters. The van der Waals surface area contributed by atoms with Crippen LogP contribution in [0.25, 0.3) is 0 Å². The molecule has 0 radical (unpaired) electrons. The zero-order valence-corrected chi connectivity index (χ0v) is 12.0. The summed E-state index contributed by atoms with van der Waals surface area (Å²) in [5, 5.41) is 0. The van der Waals surface area contributed by atoms with Gasteiger partial charge in [-0.15, -0.1) is 0 Å². The maximum Gasteiger partial charge on any atom is 0.341 e. The first-order valence-electron chi connectivity index (χ1n) is 6.01. The Hall–Kier alpha value is -1.95. The van der Waals surface area contributed by atoms with E-state index < -0.39 is 5.97 Å². The molecule has 1 aliphatic heterocycles. The molecule has 0 spiro atoms. The lowest BCUT2D eigenvalue weighted by Crippen LogP contribution is -2.15. The summed E-state index contributed by atoms with van der Waals surface area (Å²) in [7, 11) is 0. The van der Waals surface area contributed by atoms with Gasteiger partial charge >= 0.3 is 5.97 Å². The van der Waals surface area contributed by atoms with Gasteiger partial charge in [-0.1, -0.05) is 15.9 Å². The maximum atomic E-state index is 11.7. The molecule has 1 aliphatic rings. The van der Waals surface area contributed by atoms with E-state index in [0.29, 0.717) is 30.3 Å². The van der Waals surface area contributed by atoms with Crippen molar-refractivity contribution in [3.8, 4) is 11.5 Å². The molecule has 0 saturated carbocycles. The van der Waals surface area contributed by atoms with E-state index in [4.69, 9.17) is 18.6 Å². The normalized spacial score (nSPS) is 13.1. The Morgan fingerprint density at radius 3 is 2.70 bits per heavy atom. The Kier molecular flexibility index (Phi) is 3.64. The third kappa shape index (κ3) is 2.65. The van der Waals surface area contributed by atoms with Gasteiger partial charge in [0.05, 0.1) is 11.8 Å². The van der Waals surface area contributed by atoms with Crippen LogP contribution in [0, 0.1) is 0 Å². The summed E-state index contributed by atoms with van der Waals surface area (Å²) < 4.78 is 21.8. The number of benzene rings is 1. The molecule has 0 bridgehead atoms. The van der Waals surface area contributed by atoms with E-state index >= 15 is 0 Å². The van der Waals surface area contributed by atoms with Gasteiger partial charge in [0.1, 0.15) is 26.1 Å². The first-order valence-corrected chi connectivity index (χ1v) is 6.80. The smallest absolute Gasteiger partial charge is 0.341 e. The number of halogens is 1. The van der Waals surface area contributed by atoms with Crippen molar-refractivity contribution >= 4 is 21.9 Å². The molecule has 6 heteroatoms. The fourth-order valence-electron chi connectivity index (χ4n) is 1.82. The SMILES string of the molecule is O=C(OCc1cc2c(cc1Br)OCCO2)c1ccoc1. The van der Waals surface area contributed by atoms with Gasteiger partial charge in [-0.2, -0.15) is 0 Å². The Bertz CT molecular complexity index is 621. The van der Waals surface area contributed by atoms with Gasteiger partial charge in [-0.3, -0.25) is 0 Å². The van der Waals surface area contributed by atoms with Crippen LogP contribution in [-0.4, -0.2) is 19.2 Å². The van der Waals surface area contributed by atoms with E-state index in [1.165, 1.54) is 12.5 Å². The van der Waals surface area contributed by atoms with Crippen molar-refractivity contribution < 1.29 is 23.4 Å². The van der Waals surface area contributed by atoms with Crippen molar-refractivity contribution in [2.24, 2.45) is 0 Å². The van der Waals surface area contributed by atoms with Crippen LogP contribution >= 0.6 is 15.9 Å². The maximum absolute atomic E-state index is 11.7. The summed E-state index contributed by atoms with van der Waals surface area (Å²) in [6.07, 6.45) is 2.78. The number of hydrogen-bond acceptors (Lipinski definition) is 5. The molecule has 0 saturated heterocycles. The van der Waals surface area contributed by atoms with Crippen LogP contribution in [-0.2, 0) is 11.3 Å². The summed E-state index contributed by atoms with van der Waals surface area (Å²) in [5.74, 6) is 0.919. The van der Waals surface area contributed by atoms with Crippen molar-refractivity contribution in [3.05, 3.63) is 46.3 Å². The number of hydrogen-bond donors (Lipinski definition) is 0. The lowest BCUT2D eigenvalue weighted by atomic mass is 10.2. The lowest BCUT2D eigenvalue weighted by Gasteiger charge is -2.19. The molecule has 5 nitrogen and oxygen atoms in total. The fourth-order valence-corrected chi connectivity index (χ4v) is 2.26. The lowest BCUT2D eigenvalue weighted by molar-refractivity contribution is 0.0470. The van der Waals surface area contributed by atoms with E-state index in [1.54, 1.807) is 12.1 Å². The molecule has 3 rings (SSSR count). The Morgan fingerprint density at radius 2 is 2.00 bits per heavy atom. The van der Waals surface area contributed by atoms with E-state index in [1.807, 2.05) is 6.07 Å². The molecule has 104 valence electrons. The number of furan rings is 1. The van der Waals surface area contributed by atoms with E-state index in [2.05, 4.69) is 15.9 Å². The van der Waals surface area contributed by atoms with Crippen molar-refractivity contribution in [3.63, 3.8) is 0 Å². The molecule has 0 fully saturated rings. The number of ether oxygens (including phenoxy) is 3. The van der Waals surface area contributed by atoms with Gasteiger partial charge in [-0.25, -0.2) is 4.79 Å². The average Bonchev–Trinajstić information content (AvgIpc) is 2.99. The van der Waals surface area contributed by atoms with Crippen LogP contribution in [0.3, 0.4) is 0 Å². The molecule has 1 aromatic carbocycles. The molecule has 2 aromatic rings. The van der Waals surface area contributed by atoms with Gasteiger partial charge in [0.25, 0.3) is 0 Å². The number of esters is 1. The highest BCUT2D eigenvalue weighted by atomic mass is 79.9. The first kappa shape index (κ1) is 13.1. The summed E-state index contributed by atoms with van der Waals surface area (Å²) in [6.45, 7) is 1.19. The molecule has 1 aromatic heterocycles. The monoisotopic (exact) mass is 338 g/mol. The number of fused-ring (bicyclic) bond motifs is 1. The predicted octanol–water partition coefficient (Wildman–Crippen LogP) is 3.17. The van der Waals surface area contributed by atoms with E-state index in [0.717, 1.165) is 10.0 Å². The van der Waals surface area contributed by atoms with E-state index in [-0.39, 0.29) is 6.61 Å². The number of rotatable bonds is 3. The zero-order valence-electron chi connectivity index (χ0n) is 10.4. The van der Waals surface area contributed by atoms with Gasteiger partial charge in [0.15, 0.2) is 11.5 Å². The molecule has 0 atom stereocenters. The third-order valence-electron chi connectivity index (χ3n) is 2.83. The molecule has 20 heavy (non-hydrogen) atoms. The molecular weight excluding hydrogens is 328 g/mol. The van der Waals surface area contributed by atoms with Crippen LogP contribution in [0.4, 0.5) is 0 Å². The minimum absolute atomic E-state index is 0.140. The minimum Gasteiger partial charge on any atom is -0.486 e. The number of carbonyl (C=O) groups is 1. The van der Waals surface area contributed by atoms with Crippen molar-refractivity contribution in [2.45, 2.75) is 6.61 Å². The second kappa shape index (κ2) is 5.58. The first-order chi connectivity index (χ1) is 9.74. The largest absolute Gasteiger partial charge is 0.486 e. The van der Waals surface area contributed by atoms with Crippen LogP contribution in [0.1, 0.15) is 15.9 Å². The minimum atomic E-state index is -0.430. The van der Waals surface area contributed by atoms with Crippen LogP contribution in [0.15, 0.2) is 39.6 Å². The molecule has 0 aliphatic carbocycles. The molecule has 2 heterocycles. The summed E-state index contributed by atoms with van der Waals surface area (Å²) in [4.78, 5) is 11.7. The highest BCUT2D eigenvalue weighted by Crippen LogP contribution is 2.35. The van der Waals surface area contributed by atoms with Crippen molar-refractivity contribution in [1.82, 2.24) is 0 Å². The van der Waals surface area contributed by atoms with Gasteiger partial charge < -0.3 is 18.6 Å². The van der Waals surface area contributed by atoms with Gasteiger partial charge in [0, 0.05) is 10.0 Å². The van der Waals surface area contributed by atoms with Crippen molar-refractivity contribution in [1.29, 1.82) is 0 Å². The fraction of sp³-hybridized carbons (Fsp3) is 0.214. The van der Waals surface area contributed by atoms with Crippen molar-refractivity contribution in [2.75, 3.05) is 13.2 Å². The third-order valence-corrected chi connectivity index (χ3v) is 3.57.